The average Bonchev–Trinajstić information content (AvgIpc) is 3.31. The molecule has 4 heteroatoms. The third-order valence-corrected chi connectivity index (χ3v) is 5.32. The summed E-state index contributed by atoms with van der Waals surface area (Å²) in [5.74, 6) is 0. The lowest BCUT2D eigenvalue weighted by atomic mass is 9.76. The van der Waals surface area contributed by atoms with Gasteiger partial charge in [-0.25, -0.2) is 0 Å². The van der Waals surface area contributed by atoms with Crippen molar-refractivity contribution < 1.29 is 9.59 Å². The smallest absolute Gasteiger partial charge is 0.166 e. The predicted octanol–water partition coefficient (Wildman–Crippen LogP) is 4.62. The highest BCUT2D eigenvalue weighted by Crippen LogP contribution is 2.36. The van der Waals surface area contributed by atoms with Crippen LogP contribution in [0.25, 0.3) is 0 Å². The first kappa shape index (κ1) is 17.9. The Morgan fingerprint density at radius 2 is 1.12 bits per heavy atom. The van der Waals surface area contributed by atoms with Crippen molar-refractivity contribution in [1.29, 1.82) is 0 Å². The van der Waals surface area contributed by atoms with Gasteiger partial charge in [-0.3, -0.25) is 9.59 Å². The van der Waals surface area contributed by atoms with E-state index in [9.17, 15) is 9.59 Å². The minimum Gasteiger partial charge on any atom is -0.356 e. The Bertz CT molecular complexity index is 871. The topological polar surface area (TPSA) is 65.7 Å². The number of benzene rings is 1. The molecule has 0 atom stereocenters. The van der Waals surface area contributed by atoms with Gasteiger partial charge in [0.15, 0.2) is 12.6 Å². The molecule has 4 nitrogen and oxygen atoms in total. The lowest BCUT2D eigenvalue weighted by Gasteiger charge is -2.29. The molecule has 0 aliphatic rings. The summed E-state index contributed by atoms with van der Waals surface area (Å²) < 4.78 is 0. The van der Waals surface area contributed by atoms with Crippen LogP contribution in [-0.2, 0) is 10.8 Å². The van der Waals surface area contributed by atoms with Crippen LogP contribution >= 0.6 is 0 Å². The number of carbonyl (C=O) groups excluding carboxylic acids is 2. The second-order valence-electron chi connectivity index (χ2n) is 7.72. The maximum atomic E-state index is 11.0. The number of rotatable bonds is 6. The fourth-order valence-electron chi connectivity index (χ4n) is 3.30. The van der Waals surface area contributed by atoms with Crippen molar-refractivity contribution in [2.75, 3.05) is 0 Å². The van der Waals surface area contributed by atoms with Crippen molar-refractivity contribution in [3.8, 4) is 0 Å². The summed E-state index contributed by atoms with van der Waals surface area (Å²) in [6.45, 7) is 8.55. The van der Waals surface area contributed by atoms with Gasteiger partial charge in [0.2, 0.25) is 0 Å². The van der Waals surface area contributed by atoms with Crippen LogP contribution in [-0.4, -0.2) is 22.5 Å². The van der Waals surface area contributed by atoms with Gasteiger partial charge in [0.05, 0.1) is 11.4 Å². The summed E-state index contributed by atoms with van der Waals surface area (Å²) in [4.78, 5) is 28.4. The maximum Gasteiger partial charge on any atom is 0.166 e. The lowest BCUT2D eigenvalue weighted by Crippen LogP contribution is -2.23. The van der Waals surface area contributed by atoms with Crippen molar-refractivity contribution in [1.82, 2.24) is 9.97 Å². The highest BCUT2D eigenvalue weighted by molar-refractivity contribution is 5.72. The van der Waals surface area contributed by atoms with E-state index in [4.69, 9.17) is 0 Å². The van der Waals surface area contributed by atoms with Crippen LogP contribution in [0.15, 0.2) is 48.5 Å². The number of nitrogens with one attached hydrogen (secondary N) is 2. The van der Waals surface area contributed by atoms with Crippen molar-refractivity contribution in [3.63, 3.8) is 0 Å². The second kappa shape index (κ2) is 6.45. The van der Waals surface area contributed by atoms with Gasteiger partial charge in [0.1, 0.15) is 0 Å². The van der Waals surface area contributed by atoms with Crippen LogP contribution in [0, 0.1) is 0 Å². The van der Waals surface area contributed by atoms with E-state index in [-0.39, 0.29) is 10.8 Å². The molecule has 26 heavy (non-hydrogen) atoms. The fourth-order valence-corrected chi connectivity index (χ4v) is 3.30. The van der Waals surface area contributed by atoms with Crippen LogP contribution in [0.5, 0.6) is 0 Å². The van der Waals surface area contributed by atoms with Crippen LogP contribution in [0.3, 0.4) is 0 Å². The van der Waals surface area contributed by atoms with Crippen LogP contribution in [0.4, 0.5) is 0 Å². The monoisotopic (exact) mass is 348 g/mol. The zero-order valence-corrected chi connectivity index (χ0v) is 15.6. The number of H-pyrrole nitrogens is 2. The van der Waals surface area contributed by atoms with Gasteiger partial charge < -0.3 is 9.97 Å². The van der Waals surface area contributed by atoms with E-state index in [0.717, 1.165) is 35.1 Å². The molecule has 1 aromatic carbocycles. The Labute approximate surface area is 153 Å². The lowest BCUT2D eigenvalue weighted by molar-refractivity contribution is 0.111. The highest BCUT2D eigenvalue weighted by Gasteiger charge is 2.29. The van der Waals surface area contributed by atoms with E-state index in [1.165, 1.54) is 0 Å². The first-order chi connectivity index (χ1) is 12.3. The van der Waals surface area contributed by atoms with E-state index in [1.807, 2.05) is 12.1 Å². The summed E-state index contributed by atoms with van der Waals surface area (Å²) >= 11 is 0. The molecule has 3 aromatic rings. The summed E-state index contributed by atoms with van der Waals surface area (Å²) in [6, 6.07) is 16.0. The van der Waals surface area contributed by atoms with Crippen LogP contribution in [0.1, 0.15) is 71.2 Å². The number of carbonyl (C=O) groups is 2. The SMILES string of the molecule is CC(C)(c1cccc(C(C)(C)c2ccc(C=O)[nH]2)c1)c1ccc(C=O)[nH]1. The highest BCUT2D eigenvalue weighted by atomic mass is 16.1. The van der Waals surface area contributed by atoms with Crippen molar-refractivity contribution >= 4 is 12.6 Å². The molecule has 0 radical (unpaired) electrons. The molecule has 0 spiro atoms. The first-order valence-electron chi connectivity index (χ1n) is 8.69. The first-order valence-corrected chi connectivity index (χ1v) is 8.69. The molecule has 2 N–H and O–H groups in total. The Morgan fingerprint density at radius 3 is 1.46 bits per heavy atom. The van der Waals surface area contributed by atoms with Gasteiger partial charge in [-0.1, -0.05) is 52.0 Å². The van der Waals surface area contributed by atoms with Crippen molar-refractivity contribution in [2.45, 2.75) is 38.5 Å². The number of aromatic amines is 2. The third-order valence-electron chi connectivity index (χ3n) is 5.32. The second-order valence-corrected chi connectivity index (χ2v) is 7.72. The number of aromatic nitrogens is 2. The van der Waals surface area contributed by atoms with Crippen LogP contribution in [0.2, 0.25) is 0 Å². The van der Waals surface area contributed by atoms with Gasteiger partial charge in [-0.05, 0) is 35.4 Å². The van der Waals surface area contributed by atoms with E-state index in [2.05, 4.69) is 61.9 Å². The molecule has 0 fully saturated rings. The number of hydrogen-bond donors (Lipinski definition) is 2. The predicted molar refractivity (Wildman–Crippen MR) is 103 cm³/mol. The molecular weight excluding hydrogens is 324 g/mol. The van der Waals surface area contributed by atoms with Crippen molar-refractivity contribution in [3.05, 3.63) is 82.4 Å². The van der Waals surface area contributed by atoms with Crippen LogP contribution < -0.4 is 0 Å². The molecule has 2 aromatic heterocycles. The van der Waals surface area contributed by atoms with E-state index in [0.29, 0.717) is 11.4 Å². The molecule has 0 amide bonds. The quantitative estimate of drug-likeness (QED) is 0.638. The minimum absolute atomic E-state index is 0.267. The fraction of sp³-hybridized carbons (Fsp3) is 0.273. The molecule has 0 aliphatic heterocycles. The normalized spacial score (nSPS) is 12.2. The molecule has 3 rings (SSSR count). The van der Waals surface area contributed by atoms with E-state index in [1.54, 1.807) is 12.1 Å². The van der Waals surface area contributed by atoms with E-state index >= 15 is 0 Å². The Kier molecular flexibility index (Phi) is 4.45. The van der Waals surface area contributed by atoms with Gasteiger partial charge >= 0.3 is 0 Å². The molecule has 0 bridgehead atoms. The van der Waals surface area contributed by atoms with Gasteiger partial charge in [0.25, 0.3) is 0 Å². The molecule has 0 aliphatic carbocycles. The summed E-state index contributed by atoms with van der Waals surface area (Å²) in [6.07, 6.45) is 1.66. The number of aldehydes is 2. The van der Waals surface area contributed by atoms with Gasteiger partial charge in [0, 0.05) is 22.2 Å². The Hall–Kier alpha value is -2.88. The average molecular weight is 348 g/mol. The molecular formula is C22H24N2O2. The minimum atomic E-state index is -0.267. The zero-order valence-electron chi connectivity index (χ0n) is 15.6. The molecule has 2 heterocycles. The standard InChI is InChI=1S/C22H24N2O2/c1-21(2,19-10-8-17(13-25)23-19)15-6-5-7-16(12-15)22(3,4)20-11-9-18(14-26)24-20/h5-14,23-24H,1-4H3. The molecule has 0 saturated heterocycles. The Balaban J connectivity index is 2.01. The Morgan fingerprint density at radius 1 is 0.692 bits per heavy atom. The largest absolute Gasteiger partial charge is 0.356 e. The summed E-state index contributed by atoms with van der Waals surface area (Å²) in [7, 11) is 0. The van der Waals surface area contributed by atoms with E-state index < -0.39 is 0 Å². The molecule has 0 saturated carbocycles. The maximum absolute atomic E-state index is 11.0. The molecule has 134 valence electrons. The third kappa shape index (κ3) is 3.03. The van der Waals surface area contributed by atoms with Gasteiger partial charge in [-0.2, -0.15) is 0 Å². The summed E-state index contributed by atoms with van der Waals surface area (Å²) in [5.41, 5.74) is 4.94. The van der Waals surface area contributed by atoms with Gasteiger partial charge in [-0.15, -0.1) is 0 Å². The number of hydrogen-bond acceptors (Lipinski definition) is 2. The zero-order chi connectivity index (χ0) is 18.9. The summed E-state index contributed by atoms with van der Waals surface area (Å²) in [5, 5.41) is 0. The molecule has 0 unspecified atom stereocenters. The van der Waals surface area contributed by atoms with Crippen molar-refractivity contribution in [2.24, 2.45) is 0 Å².